The maximum absolute atomic E-state index is 13.1. The molecule has 2 aromatic heterocycles. The van der Waals surface area contributed by atoms with Gasteiger partial charge in [-0.1, -0.05) is 0 Å². The molecule has 0 radical (unpaired) electrons. The summed E-state index contributed by atoms with van der Waals surface area (Å²) in [6, 6.07) is 4.57. The van der Waals surface area contributed by atoms with Crippen LogP contribution in [0.3, 0.4) is 0 Å². The Morgan fingerprint density at radius 3 is 2.85 bits per heavy atom. The molecule has 2 N–H and O–H groups in total. The number of halogens is 1. The van der Waals surface area contributed by atoms with Crippen molar-refractivity contribution >= 4 is 17.0 Å². The number of hydrogen-bond acceptors (Lipinski definition) is 3. The number of rotatable bonds is 5. The summed E-state index contributed by atoms with van der Waals surface area (Å²) in [5, 5.41) is 0. The zero-order valence-electron chi connectivity index (χ0n) is 11.0. The third-order valence-electron chi connectivity index (χ3n) is 3.35. The number of imidazole rings is 2. The van der Waals surface area contributed by atoms with Gasteiger partial charge in [0.05, 0.1) is 17.4 Å². The van der Waals surface area contributed by atoms with Crippen molar-refractivity contribution in [2.45, 2.75) is 25.9 Å². The summed E-state index contributed by atoms with van der Waals surface area (Å²) in [6.07, 6.45) is 7.53. The highest BCUT2D eigenvalue weighted by Crippen LogP contribution is 2.19. The molecule has 2 heterocycles. The van der Waals surface area contributed by atoms with Crippen molar-refractivity contribution in [3.63, 3.8) is 0 Å². The van der Waals surface area contributed by atoms with Crippen molar-refractivity contribution < 1.29 is 4.39 Å². The number of nitrogens with two attached hydrogens (primary N) is 1. The highest BCUT2D eigenvalue weighted by molar-refractivity contribution is 5.78. The first kappa shape index (κ1) is 12.7. The maximum atomic E-state index is 13.1. The average Bonchev–Trinajstić information content (AvgIpc) is 3.02. The fraction of sp³-hybridized carbons (Fsp3) is 0.286. The predicted molar refractivity (Wildman–Crippen MR) is 75.6 cm³/mol. The minimum Gasteiger partial charge on any atom is -0.369 e. The molecule has 3 aromatic rings. The second-order valence-electron chi connectivity index (χ2n) is 4.76. The first-order chi connectivity index (χ1) is 9.74. The zero-order valence-corrected chi connectivity index (χ0v) is 11.0. The molecular formula is C14H16FN5. The van der Waals surface area contributed by atoms with E-state index in [9.17, 15) is 4.39 Å². The van der Waals surface area contributed by atoms with E-state index in [1.807, 2.05) is 21.7 Å². The van der Waals surface area contributed by atoms with Gasteiger partial charge in [-0.05, 0) is 25.0 Å². The Hall–Kier alpha value is -2.37. The molecule has 0 aliphatic carbocycles. The Kier molecular flexibility index (Phi) is 3.37. The molecule has 0 aliphatic rings. The van der Waals surface area contributed by atoms with Gasteiger partial charge in [0.2, 0.25) is 5.95 Å². The molecule has 0 fully saturated rings. The van der Waals surface area contributed by atoms with Crippen LogP contribution in [-0.2, 0) is 13.1 Å². The second kappa shape index (κ2) is 5.32. The van der Waals surface area contributed by atoms with Crippen LogP contribution in [0.1, 0.15) is 12.8 Å². The Bertz CT molecular complexity index is 702. The van der Waals surface area contributed by atoms with Gasteiger partial charge in [-0.3, -0.25) is 0 Å². The minimum absolute atomic E-state index is 0.290. The van der Waals surface area contributed by atoms with Crippen LogP contribution in [0.15, 0.2) is 36.9 Å². The van der Waals surface area contributed by atoms with E-state index in [0.717, 1.165) is 31.4 Å². The van der Waals surface area contributed by atoms with Crippen LogP contribution in [0.2, 0.25) is 0 Å². The van der Waals surface area contributed by atoms with Gasteiger partial charge in [-0.2, -0.15) is 0 Å². The van der Waals surface area contributed by atoms with E-state index in [1.165, 1.54) is 12.1 Å². The molecule has 0 atom stereocenters. The second-order valence-corrected chi connectivity index (χ2v) is 4.76. The Morgan fingerprint density at radius 1 is 1.20 bits per heavy atom. The van der Waals surface area contributed by atoms with Crippen LogP contribution in [0.25, 0.3) is 11.0 Å². The number of nitrogens with zero attached hydrogens (tertiary/aromatic N) is 4. The highest BCUT2D eigenvalue weighted by Gasteiger charge is 2.08. The van der Waals surface area contributed by atoms with E-state index in [-0.39, 0.29) is 5.82 Å². The van der Waals surface area contributed by atoms with Crippen LogP contribution in [0.5, 0.6) is 0 Å². The topological polar surface area (TPSA) is 61.7 Å². The highest BCUT2D eigenvalue weighted by atomic mass is 19.1. The lowest BCUT2D eigenvalue weighted by atomic mass is 10.2. The van der Waals surface area contributed by atoms with Crippen molar-refractivity contribution in [1.29, 1.82) is 0 Å². The van der Waals surface area contributed by atoms with Gasteiger partial charge in [0.25, 0.3) is 0 Å². The van der Waals surface area contributed by atoms with Crippen LogP contribution in [0.4, 0.5) is 10.3 Å². The number of hydrogen-bond donors (Lipinski definition) is 1. The Balaban J connectivity index is 1.66. The number of aromatic nitrogens is 4. The molecule has 6 heteroatoms. The summed E-state index contributed by atoms with van der Waals surface area (Å²) in [5.41, 5.74) is 7.38. The Labute approximate surface area is 115 Å². The SMILES string of the molecule is Nc1nc2cc(F)ccc2n1CCCCn1ccnc1. The predicted octanol–water partition coefficient (Wildman–Crippen LogP) is 2.43. The molecule has 0 saturated heterocycles. The lowest BCUT2D eigenvalue weighted by Gasteiger charge is -2.06. The van der Waals surface area contributed by atoms with E-state index in [4.69, 9.17) is 5.73 Å². The van der Waals surface area contributed by atoms with Crippen molar-refractivity contribution in [3.05, 3.63) is 42.7 Å². The summed E-state index contributed by atoms with van der Waals surface area (Å²) < 4.78 is 17.1. The summed E-state index contributed by atoms with van der Waals surface area (Å²) >= 11 is 0. The van der Waals surface area contributed by atoms with Gasteiger partial charge in [-0.25, -0.2) is 14.4 Å². The molecule has 3 rings (SSSR count). The van der Waals surface area contributed by atoms with Crippen molar-refractivity contribution in [1.82, 2.24) is 19.1 Å². The summed E-state index contributed by atoms with van der Waals surface area (Å²) in [6.45, 7) is 1.71. The molecule has 5 nitrogen and oxygen atoms in total. The lowest BCUT2D eigenvalue weighted by molar-refractivity contribution is 0.562. The van der Waals surface area contributed by atoms with E-state index < -0.39 is 0 Å². The average molecular weight is 273 g/mol. The summed E-state index contributed by atoms with van der Waals surface area (Å²) in [4.78, 5) is 8.19. The van der Waals surface area contributed by atoms with E-state index in [0.29, 0.717) is 11.5 Å². The fourth-order valence-electron chi connectivity index (χ4n) is 2.34. The van der Waals surface area contributed by atoms with Gasteiger partial charge >= 0.3 is 0 Å². The minimum atomic E-state index is -0.290. The number of anilines is 1. The van der Waals surface area contributed by atoms with Crippen LogP contribution < -0.4 is 5.73 Å². The number of unbranched alkanes of at least 4 members (excludes halogenated alkanes) is 1. The first-order valence-corrected chi connectivity index (χ1v) is 6.61. The first-order valence-electron chi connectivity index (χ1n) is 6.61. The van der Waals surface area contributed by atoms with Gasteiger partial charge in [0, 0.05) is 31.5 Å². The summed E-state index contributed by atoms with van der Waals surface area (Å²) in [7, 11) is 0. The number of fused-ring (bicyclic) bond motifs is 1. The van der Waals surface area contributed by atoms with Gasteiger partial charge in [0.1, 0.15) is 5.82 Å². The third-order valence-corrected chi connectivity index (χ3v) is 3.35. The van der Waals surface area contributed by atoms with Gasteiger partial charge < -0.3 is 14.9 Å². The normalized spacial score (nSPS) is 11.2. The van der Waals surface area contributed by atoms with Crippen molar-refractivity contribution in [3.8, 4) is 0 Å². The zero-order chi connectivity index (χ0) is 13.9. The van der Waals surface area contributed by atoms with Crippen LogP contribution >= 0.6 is 0 Å². The standard InChI is InChI=1S/C14H16FN5/c15-11-3-4-13-12(9-11)18-14(16)20(13)7-2-1-6-19-8-5-17-10-19/h3-5,8-10H,1-2,6-7H2,(H2,16,18). The monoisotopic (exact) mass is 273 g/mol. The number of aryl methyl sites for hydroxylation is 2. The molecule has 104 valence electrons. The molecular weight excluding hydrogens is 257 g/mol. The largest absolute Gasteiger partial charge is 0.369 e. The lowest BCUT2D eigenvalue weighted by Crippen LogP contribution is -2.04. The van der Waals surface area contributed by atoms with E-state index >= 15 is 0 Å². The number of benzene rings is 1. The van der Waals surface area contributed by atoms with E-state index in [1.54, 1.807) is 12.3 Å². The molecule has 0 bridgehead atoms. The Morgan fingerprint density at radius 2 is 2.05 bits per heavy atom. The molecule has 0 aliphatic heterocycles. The molecule has 0 spiro atoms. The summed E-state index contributed by atoms with van der Waals surface area (Å²) in [5.74, 6) is 0.149. The molecule has 1 aromatic carbocycles. The van der Waals surface area contributed by atoms with Crippen molar-refractivity contribution in [2.75, 3.05) is 5.73 Å². The van der Waals surface area contributed by atoms with Gasteiger partial charge in [0.15, 0.2) is 0 Å². The molecule has 0 amide bonds. The number of nitrogen functional groups attached to an aromatic ring is 1. The maximum Gasteiger partial charge on any atom is 0.201 e. The quantitative estimate of drug-likeness (QED) is 0.726. The smallest absolute Gasteiger partial charge is 0.201 e. The third kappa shape index (κ3) is 2.49. The fourth-order valence-corrected chi connectivity index (χ4v) is 2.34. The molecule has 0 unspecified atom stereocenters. The van der Waals surface area contributed by atoms with Crippen molar-refractivity contribution in [2.24, 2.45) is 0 Å². The van der Waals surface area contributed by atoms with E-state index in [2.05, 4.69) is 9.97 Å². The van der Waals surface area contributed by atoms with Crippen LogP contribution in [0, 0.1) is 5.82 Å². The van der Waals surface area contributed by atoms with Crippen LogP contribution in [-0.4, -0.2) is 19.1 Å². The molecule has 0 saturated carbocycles. The molecule has 20 heavy (non-hydrogen) atoms. The van der Waals surface area contributed by atoms with Gasteiger partial charge in [-0.15, -0.1) is 0 Å².